The number of amides is 1. The zero-order valence-corrected chi connectivity index (χ0v) is 10.4. The predicted molar refractivity (Wildman–Crippen MR) is 68.0 cm³/mol. The minimum absolute atomic E-state index is 0.0177. The lowest BCUT2D eigenvalue weighted by molar-refractivity contribution is -0.126. The van der Waals surface area contributed by atoms with E-state index in [-0.39, 0.29) is 11.5 Å². The molecule has 0 aromatic heterocycles. The van der Waals surface area contributed by atoms with Crippen LogP contribution in [0.15, 0.2) is 18.2 Å². The van der Waals surface area contributed by atoms with Gasteiger partial charge in [-0.3, -0.25) is 4.79 Å². The molecule has 0 atom stereocenters. The van der Waals surface area contributed by atoms with Gasteiger partial charge in [0, 0.05) is 10.0 Å². The molecule has 0 aliphatic carbocycles. The van der Waals surface area contributed by atoms with Gasteiger partial charge in [0.25, 0.3) is 0 Å². The molecule has 4 nitrogen and oxygen atoms in total. The minimum atomic E-state index is -0.434. The van der Waals surface area contributed by atoms with E-state index in [9.17, 15) is 4.79 Å². The summed E-state index contributed by atoms with van der Waals surface area (Å²) in [6, 6.07) is 4.83. The van der Waals surface area contributed by atoms with Gasteiger partial charge in [-0.15, -0.1) is 0 Å². The van der Waals surface area contributed by atoms with Gasteiger partial charge >= 0.3 is 0 Å². The SMILES string of the molecule is NC(=S)N(N)C(=O)Cc1ccc(Cl)cc1Cl. The summed E-state index contributed by atoms with van der Waals surface area (Å²) in [6.07, 6.45) is 0.0177. The number of carbonyl (C=O) groups excluding carboxylic acids is 1. The van der Waals surface area contributed by atoms with Crippen LogP contribution in [-0.4, -0.2) is 16.0 Å². The standard InChI is InChI=1S/C9H9Cl2N3OS/c10-6-2-1-5(7(11)4-6)3-8(15)14(13)9(12)16/h1-2,4H,3,13H2,(H2,12,16). The molecule has 0 fully saturated rings. The molecule has 0 aliphatic heterocycles. The zero-order chi connectivity index (χ0) is 12.3. The van der Waals surface area contributed by atoms with E-state index in [1.165, 1.54) is 0 Å². The second-order valence-electron chi connectivity index (χ2n) is 3.01. The summed E-state index contributed by atoms with van der Waals surface area (Å²) in [5.74, 6) is 4.90. The second kappa shape index (κ2) is 5.45. The van der Waals surface area contributed by atoms with Crippen LogP contribution in [-0.2, 0) is 11.2 Å². The topological polar surface area (TPSA) is 72.3 Å². The number of benzene rings is 1. The van der Waals surface area contributed by atoms with Gasteiger partial charge in [-0.1, -0.05) is 29.3 Å². The van der Waals surface area contributed by atoms with Crippen molar-refractivity contribution in [3.8, 4) is 0 Å². The van der Waals surface area contributed by atoms with Gasteiger partial charge < -0.3 is 5.73 Å². The fraction of sp³-hybridized carbons (Fsp3) is 0.111. The average Bonchev–Trinajstić information content (AvgIpc) is 2.20. The van der Waals surface area contributed by atoms with Crippen molar-refractivity contribution < 1.29 is 4.79 Å². The van der Waals surface area contributed by atoms with Gasteiger partial charge in [0.05, 0.1) is 6.42 Å². The first-order chi connectivity index (χ1) is 7.41. The molecule has 1 aromatic carbocycles. The first-order valence-electron chi connectivity index (χ1n) is 4.23. The van der Waals surface area contributed by atoms with E-state index in [1.807, 2.05) is 0 Å². The Kier molecular flexibility index (Phi) is 4.49. The number of hydrazine groups is 1. The molecular weight excluding hydrogens is 269 g/mol. The third kappa shape index (κ3) is 3.31. The highest BCUT2D eigenvalue weighted by Crippen LogP contribution is 2.21. The fourth-order valence-electron chi connectivity index (χ4n) is 1.04. The van der Waals surface area contributed by atoms with Crippen molar-refractivity contribution in [3.05, 3.63) is 33.8 Å². The molecular formula is C9H9Cl2N3OS. The lowest BCUT2D eigenvalue weighted by atomic mass is 10.1. The lowest BCUT2D eigenvalue weighted by Gasteiger charge is -2.14. The highest BCUT2D eigenvalue weighted by molar-refractivity contribution is 7.80. The largest absolute Gasteiger partial charge is 0.375 e. The fourth-order valence-corrected chi connectivity index (χ4v) is 1.61. The third-order valence-corrected chi connectivity index (χ3v) is 2.65. The summed E-state index contributed by atoms with van der Waals surface area (Å²) >= 11 is 16.2. The highest BCUT2D eigenvalue weighted by atomic mass is 35.5. The van der Waals surface area contributed by atoms with E-state index < -0.39 is 5.91 Å². The predicted octanol–water partition coefficient (Wildman–Crippen LogP) is 1.48. The molecule has 86 valence electrons. The van der Waals surface area contributed by atoms with Crippen molar-refractivity contribution >= 4 is 46.4 Å². The second-order valence-corrected chi connectivity index (χ2v) is 4.28. The molecule has 0 saturated heterocycles. The summed E-state index contributed by atoms with van der Waals surface area (Å²) in [7, 11) is 0. The number of rotatable bonds is 2. The van der Waals surface area contributed by atoms with E-state index in [1.54, 1.807) is 18.2 Å². The van der Waals surface area contributed by atoms with E-state index in [0.717, 1.165) is 0 Å². The Morgan fingerprint density at radius 3 is 2.56 bits per heavy atom. The number of hydrogen-bond donors (Lipinski definition) is 2. The highest BCUT2D eigenvalue weighted by Gasteiger charge is 2.14. The van der Waals surface area contributed by atoms with E-state index in [4.69, 9.17) is 34.8 Å². The summed E-state index contributed by atoms with van der Waals surface area (Å²) in [5.41, 5.74) is 5.82. The smallest absolute Gasteiger partial charge is 0.247 e. The van der Waals surface area contributed by atoms with E-state index in [2.05, 4.69) is 12.2 Å². The van der Waals surface area contributed by atoms with Crippen molar-refractivity contribution in [1.29, 1.82) is 0 Å². The maximum atomic E-state index is 11.5. The Balaban J connectivity index is 2.81. The van der Waals surface area contributed by atoms with Crippen LogP contribution in [0.25, 0.3) is 0 Å². The molecule has 1 rings (SSSR count). The van der Waals surface area contributed by atoms with E-state index >= 15 is 0 Å². The van der Waals surface area contributed by atoms with Crippen molar-refractivity contribution in [3.63, 3.8) is 0 Å². The number of hydrogen-bond acceptors (Lipinski definition) is 3. The van der Waals surface area contributed by atoms with Crippen molar-refractivity contribution in [2.45, 2.75) is 6.42 Å². The zero-order valence-electron chi connectivity index (χ0n) is 8.11. The first-order valence-corrected chi connectivity index (χ1v) is 5.39. The number of halogens is 2. The Labute approximate surface area is 108 Å². The van der Waals surface area contributed by atoms with Gasteiger partial charge in [-0.25, -0.2) is 10.9 Å². The van der Waals surface area contributed by atoms with Crippen molar-refractivity contribution in [2.24, 2.45) is 11.6 Å². The Morgan fingerprint density at radius 2 is 2.06 bits per heavy atom. The molecule has 0 radical (unpaired) electrons. The molecule has 0 aliphatic rings. The van der Waals surface area contributed by atoms with Crippen LogP contribution in [0.2, 0.25) is 10.0 Å². The van der Waals surface area contributed by atoms with Crippen molar-refractivity contribution in [1.82, 2.24) is 5.01 Å². The molecule has 0 unspecified atom stereocenters. The molecule has 0 saturated carbocycles. The Morgan fingerprint density at radius 1 is 1.44 bits per heavy atom. The summed E-state index contributed by atoms with van der Waals surface area (Å²) in [5, 5.41) is 1.42. The summed E-state index contributed by atoms with van der Waals surface area (Å²) < 4.78 is 0. The van der Waals surface area contributed by atoms with Crippen molar-refractivity contribution in [2.75, 3.05) is 0 Å². The van der Waals surface area contributed by atoms with Gasteiger partial charge in [0.15, 0.2) is 5.11 Å². The van der Waals surface area contributed by atoms with Crippen LogP contribution >= 0.6 is 35.4 Å². The van der Waals surface area contributed by atoms with Gasteiger partial charge in [0.2, 0.25) is 5.91 Å². The molecule has 0 heterocycles. The quantitative estimate of drug-likeness (QED) is 0.372. The molecule has 1 aromatic rings. The lowest BCUT2D eigenvalue weighted by Crippen LogP contribution is -2.46. The van der Waals surface area contributed by atoms with Gasteiger partial charge in [-0.05, 0) is 29.9 Å². The number of nitrogens with two attached hydrogens (primary N) is 2. The van der Waals surface area contributed by atoms with Crippen LogP contribution in [0.5, 0.6) is 0 Å². The maximum absolute atomic E-state index is 11.5. The molecule has 1 amide bonds. The number of thiocarbonyl (C=S) groups is 1. The first kappa shape index (κ1) is 13.2. The molecule has 16 heavy (non-hydrogen) atoms. The number of nitrogens with zero attached hydrogens (tertiary/aromatic N) is 1. The van der Waals surface area contributed by atoms with Crippen LogP contribution in [0.3, 0.4) is 0 Å². The van der Waals surface area contributed by atoms with Crippen LogP contribution in [0, 0.1) is 0 Å². The maximum Gasteiger partial charge on any atom is 0.247 e. The third-order valence-electron chi connectivity index (χ3n) is 1.86. The number of carbonyl (C=O) groups is 1. The summed E-state index contributed by atoms with van der Waals surface area (Å²) in [6.45, 7) is 0. The van der Waals surface area contributed by atoms with E-state index in [0.29, 0.717) is 20.6 Å². The van der Waals surface area contributed by atoms with Crippen LogP contribution in [0.1, 0.15) is 5.56 Å². The minimum Gasteiger partial charge on any atom is -0.375 e. The molecule has 0 bridgehead atoms. The molecule has 7 heteroatoms. The Bertz CT molecular complexity index is 439. The van der Waals surface area contributed by atoms with Gasteiger partial charge in [0.1, 0.15) is 0 Å². The average molecular weight is 278 g/mol. The molecule has 4 N–H and O–H groups in total. The van der Waals surface area contributed by atoms with Gasteiger partial charge in [-0.2, -0.15) is 0 Å². The van der Waals surface area contributed by atoms with Crippen LogP contribution in [0.4, 0.5) is 0 Å². The monoisotopic (exact) mass is 277 g/mol. The molecule has 0 spiro atoms. The Hall–Kier alpha value is -0.880. The van der Waals surface area contributed by atoms with Crippen LogP contribution < -0.4 is 11.6 Å². The normalized spacial score (nSPS) is 9.94. The summed E-state index contributed by atoms with van der Waals surface area (Å²) in [4.78, 5) is 11.5.